The smallest absolute Gasteiger partial charge is 0.326 e. The van der Waals surface area contributed by atoms with Crippen molar-refractivity contribution in [1.29, 1.82) is 0 Å². The Labute approximate surface area is 213 Å². The molecule has 3 aromatic rings. The van der Waals surface area contributed by atoms with Crippen molar-refractivity contribution in [3.8, 4) is 23.0 Å². The zero-order valence-corrected chi connectivity index (χ0v) is 20.2. The zero-order valence-electron chi connectivity index (χ0n) is 20.2. The highest BCUT2D eigenvalue weighted by Gasteiger charge is 2.28. The van der Waals surface area contributed by atoms with E-state index in [1.165, 1.54) is 13.2 Å². The van der Waals surface area contributed by atoms with E-state index in [0.29, 0.717) is 22.6 Å². The molecule has 1 unspecified atom stereocenters. The van der Waals surface area contributed by atoms with Crippen LogP contribution < -0.4 is 24.3 Å². The summed E-state index contributed by atoms with van der Waals surface area (Å²) in [6, 6.07) is 17.7. The van der Waals surface area contributed by atoms with Crippen LogP contribution in [0.1, 0.15) is 21.5 Å². The Morgan fingerprint density at radius 2 is 1.76 bits per heavy atom. The SMILES string of the molecule is COc1ccc(OC)c(C=C2Oc3cc(OCC(=O)NC(Cc4ccccc4)C(=O)O)ccc3C2=O)c1. The van der Waals surface area contributed by atoms with E-state index in [4.69, 9.17) is 18.9 Å². The second-order valence-electron chi connectivity index (χ2n) is 8.14. The molecule has 1 atom stereocenters. The molecule has 2 N–H and O–H groups in total. The number of carboxylic acid groups (broad SMARTS) is 1. The third-order valence-corrected chi connectivity index (χ3v) is 5.65. The van der Waals surface area contributed by atoms with Crippen molar-refractivity contribution in [1.82, 2.24) is 5.32 Å². The predicted octanol–water partition coefficient (Wildman–Crippen LogP) is 3.51. The minimum atomic E-state index is -1.14. The molecule has 0 aliphatic carbocycles. The van der Waals surface area contributed by atoms with Crippen molar-refractivity contribution in [2.45, 2.75) is 12.5 Å². The highest BCUT2D eigenvalue weighted by Crippen LogP contribution is 2.36. The summed E-state index contributed by atoms with van der Waals surface area (Å²) in [6.45, 7) is -0.408. The Balaban J connectivity index is 1.41. The topological polar surface area (TPSA) is 120 Å². The van der Waals surface area contributed by atoms with Crippen LogP contribution in [-0.2, 0) is 16.0 Å². The van der Waals surface area contributed by atoms with Crippen LogP contribution in [0.4, 0.5) is 0 Å². The van der Waals surface area contributed by atoms with Gasteiger partial charge in [-0.1, -0.05) is 30.3 Å². The minimum absolute atomic E-state index is 0.0988. The summed E-state index contributed by atoms with van der Waals surface area (Å²) in [7, 11) is 3.06. The van der Waals surface area contributed by atoms with Gasteiger partial charge in [-0.25, -0.2) is 4.79 Å². The fraction of sp³-hybridized carbons (Fsp3) is 0.179. The molecule has 0 spiro atoms. The second-order valence-corrected chi connectivity index (χ2v) is 8.14. The highest BCUT2D eigenvalue weighted by atomic mass is 16.5. The third-order valence-electron chi connectivity index (χ3n) is 5.65. The maximum atomic E-state index is 12.8. The number of hydrogen-bond donors (Lipinski definition) is 2. The van der Waals surface area contributed by atoms with E-state index in [1.807, 2.05) is 6.07 Å². The molecule has 1 heterocycles. The molecular formula is C28H25NO8. The fourth-order valence-corrected chi connectivity index (χ4v) is 3.79. The van der Waals surface area contributed by atoms with Crippen molar-refractivity contribution < 1.29 is 38.4 Å². The molecule has 0 saturated carbocycles. The number of ether oxygens (including phenoxy) is 4. The number of allylic oxidation sites excluding steroid dienone is 1. The minimum Gasteiger partial charge on any atom is -0.497 e. The molecule has 4 rings (SSSR count). The van der Waals surface area contributed by atoms with Gasteiger partial charge in [0, 0.05) is 18.1 Å². The number of nitrogens with one attached hydrogen (secondary N) is 1. The quantitative estimate of drug-likeness (QED) is 0.404. The second kappa shape index (κ2) is 11.3. The van der Waals surface area contributed by atoms with Gasteiger partial charge in [0.15, 0.2) is 12.4 Å². The van der Waals surface area contributed by atoms with Gasteiger partial charge in [0.05, 0.1) is 19.8 Å². The molecule has 0 aromatic heterocycles. The van der Waals surface area contributed by atoms with Crippen LogP contribution >= 0.6 is 0 Å². The number of Topliss-reactive ketones (excluding diaryl/α,β-unsaturated/α-hetero) is 1. The number of amides is 1. The molecule has 0 bridgehead atoms. The lowest BCUT2D eigenvalue weighted by Gasteiger charge is -2.15. The highest BCUT2D eigenvalue weighted by molar-refractivity contribution is 6.14. The number of aliphatic carboxylic acids is 1. The Morgan fingerprint density at radius 3 is 2.46 bits per heavy atom. The number of methoxy groups -OCH3 is 2. The zero-order chi connectivity index (χ0) is 26.4. The normalized spacial score (nSPS) is 13.9. The molecule has 1 amide bonds. The number of rotatable bonds is 10. The first-order valence-corrected chi connectivity index (χ1v) is 11.4. The van der Waals surface area contributed by atoms with Gasteiger partial charge >= 0.3 is 5.97 Å². The van der Waals surface area contributed by atoms with Gasteiger partial charge in [0.25, 0.3) is 5.91 Å². The number of hydrogen-bond acceptors (Lipinski definition) is 7. The van der Waals surface area contributed by atoms with Crippen molar-refractivity contribution in [2.24, 2.45) is 0 Å². The lowest BCUT2D eigenvalue weighted by molar-refractivity contribution is -0.142. The summed E-state index contributed by atoms with van der Waals surface area (Å²) in [4.78, 5) is 36.8. The Hall–Kier alpha value is -4.79. The molecule has 0 saturated heterocycles. The van der Waals surface area contributed by atoms with Crippen molar-refractivity contribution in [3.63, 3.8) is 0 Å². The van der Waals surface area contributed by atoms with E-state index in [2.05, 4.69) is 5.32 Å². The number of carboxylic acids is 1. The summed E-state index contributed by atoms with van der Waals surface area (Å²) in [5, 5.41) is 11.9. The van der Waals surface area contributed by atoms with E-state index >= 15 is 0 Å². The van der Waals surface area contributed by atoms with Gasteiger partial charge in [0.2, 0.25) is 5.78 Å². The molecule has 0 radical (unpaired) electrons. The van der Waals surface area contributed by atoms with Crippen LogP contribution in [-0.4, -0.2) is 49.6 Å². The summed E-state index contributed by atoms with van der Waals surface area (Å²) in [5.74, 6) is -0.238. The van der Waals surface area contributed by atoms with Gasteiger partial charge in [-0.15, -0.1) is 0 Å². The average molecular weight is 504 g/mol. The lowest BCUT2D eigenvalue weighted by Crippen LogP contribution is -2.44. The molecule has 190 valence electrons. The standard InChI is InChI=1S/C28H25NO8/c1-34-19-9-11-23(35-2)18(13-19)14-25-27(31)21-10-8-20(15-24(21)37-25)36-16-26(30)29-22(28(32)33)12-17-6-4-3-5-7-17/h3-11,13-15,22H,12,16H2,1-2H3,(H,29,30)(H,32,33). The number of carbonyl (C=O) groups is 3. The summed E-state index contributed by atoms with van der Waals surface area (Å²) >= 11 is 0. The van der Waals surface area contributed by atoms with Crippen LogP contribution in [0.15, 0.2) is 72.5 Å². The fourth-order valence-electron chi connectivity index (χ4n) is 3.79. The van der Waals surface area contributed by atoms with Gasteiger partial charge in [-0.3, -0.25) is 9.59 Å². The Bertz CT molecular complexity index is 1350. The molecule has 0 fully saturated rings. The molecule has 9 heteroatoms. The van der Waals surface area contributed by atoms with Crippen molar-refractivity contribution in [2.75, 3.05) is 20.8 Å². The third kappa shape index (κ3) is 6.07. The number of benzene rings is 3. The van der Waals surface area contributed by atoms with Gasteiger partial charge in [-0.2, -0.15) is 0 Å². The largest absolute Gasteiger partial charge is 0.497 e. The van der Waals surface area contributed by atoms with Gasteiger partial charge < -0.3 is 29.4 Å². The van der Waals surface area contributed by atoms with E-state index in [-0.39, 0.29) is 29.5 Å². The molecule has 3 aromatic carbocycles. The van der Waals surface area contributed by atoms with E-state index in [0.717, 1.165) is 5.56 Å². The Morgan fingerprint density at radius 1 is 1.00 bits per heavy atom. The van der Waals surface area contributed by atoms with Crippen LogP contribution in [0.25, 0.3) is 6.08 Å². The summed E-state index contributed by atoms with van der Waals surface area (Å²) < 4.78 is 21.9. The first-order chi connectivity index (χ1) is 17.9. The van der Waals surface area contributed by atoms with Gasteiger partial charge in [0.1, 0.15) is 29.0 Å². The Kier molecular flexibility index (Phi) is 7.73. The van der Waals surface area contributed by atoms with Crippen LogP contribution in [0.2, 0.25) is 0 Å². The van der Waals surface area contributed by atoms with E-state index < -0.39 is 24.5 Å². The molecule has 1 aliphatic heterocycles. The predicted molar refractivity (Wildman–Crippen MR) is 134 cm³/mol. The maximum Gasteiger partial charge on any atom is 0.326 e. The van der Waals surface area contributed by atoms with Crippen molar-refractivity contribution in [3.05, 3.63) is 89.2 Å². The first-order valence-electron chi connectivity index (χ1n) is 11.4. The molecular weight excluding hydrogens is 478 g/mol. The first kappa shape index (κ1) is 25.3. The maximum absolute atomic E-state index is 12.8. The van der Waals surface area contributed by atoms with Crippen molar-refractivity contribution >= 4 is 23.7 Å². The van der Waals surface area contributed by atoms with Crippen LogP contribution in [0.3, 0.4) is 0 Å². The molecule has 9 nitrogen and oxygen atoms in total. The summed E-state index contributed by atoms with van der Waals surface area (Å²) in [6.07, 6.45) is 1.71. The van der Waals surface area contributed by atoms with E-state index in [9.17, 15) is 19.5 Å². The average Bonchev–Trinajstić information content (AvgIpc) is 3.21. The monoisotopic (exact) mass is 503 g/mol. The van der Waals surface area contributed by atoms with Crippen LogP contribution in [0.5, 0.6) is 23.0 Å². The van der Waals surface area contributed by atoms with Gasteiger partial charge in [-0.05, 0) is 42.0 Å². The lowest BCUT2D eigenvalue weighted by atomic mass is 10.1. The molecule has 1 aliphatic rings. The number of ketones is 1. The number of fused-ring (bicyclic) bond motifs is 1. The molecule has 37 heavy (non-hydrogen) atoms. The van der Waals surface area contributed by atoms with E-state index in [1.54, 1.807) is 67.8 Å². The van der Waals surface area contributed by atoms with Crippen LogP contribution in [0, 0.1) is 0 Å². The number of carbonyl (C=O) groups excluding carboxylic acids is 2. The summed E-state index contributed by atoms with van der Waals surface area (Å²) in [5.41, 5.74) is 1.74.